The van der Waals surface area contributed by atoms with E-state index in [4.69, 9.17) is 0 Å². The van der Waals surface area contributed by atoms with Crippen molar-refractivity contribution in [1.29, 1.82) is 0 Å². The second-order valence-corrected chi connectivity index (χ2v) is 2.24. The zero-order valence-electron chi connectivity index (χ0n) is 4.50. The summed E-state index contributed by atoms with van der Waals surface area (Å²) in [6.07, 6.45) is 0. The second-order valence-electron chi connectivity index (χ2n) is 1.63. The van der Waals surface area contributed by atoms with Crippen LogP contribution in [-0.2, 0) is 5.32 Å². The van der Waals surface area contributed by atoms with Crippen LogP contribution in [0.2, 0.25) is 0 Å². The molecule has 0 nitrogen and oxygen atoms in total. The normalized spacial score (nSPS) is 9.12. The molecule has 0 unspecified atom stereocenters. The van der Waals surface area contributed by atoms with Gasteiger partial charge in [-0.25, -0.2) is 0 Å². The Bertz CT molecular complexity index is 146. The van der Waals surface area contributed by atoms with Gasteiger partial charge in [0.1, 0.15) is 0 Å². The fourth-order valence-corrected chi connectivity index (χ4v) is 0.978. The van der Waals surface area contributed by atoms with E-state index in [1.54, 1.807) is 0 Å². The van der Waals surface area contributed by atoms with Crippen LogP contribution in [0.25, 0.3) is 0 Å². The maximum atomic E-state index is 2.96. The van der Waals surface area contributed by atoms with Gasteiger partial charge >= 0.3 is 57.2 Å². The Morgan fingerprint density at radius 1 is 1.12 bits per heavy atom. The first kappa shape index (κ1) is 5.87. The molecule has 0 aromatic heterocycles. The molecule has 0 bridgehead atoms. The molecule has 0 N–H and O–H groups in total. The van der Waals surface area contributed by atoms with E-state index in [1.807, 2.05) is 18.2 Å². The van der Waals surface area contributed by atoms with Crippen molar-refractivity contribution in [2.24, 2.45) is 0 Å². The Balaban J connectivity index is 2.83. The summed E-state index contributed by atoms with van der Waals surface area (Å²) in [4.78, 5) is 0. The molecule has 1 rings (SSSR count). The minimum atomic E-state index is 1.01. The summed E-state index contributed by atoms with van der Waals surface area (Å²) in [7, 11) is 0. The molecular weight excluding hydrogens is 163 g/mol. The molecule has 0 fully saturated rings. The van der Waals surface area contributed by atoms with Gasteiger partial charge in [0.25, 0.3) is 0 Å². The van der Waals surface area contributed by atoms with Crippen molar-refractivity contribution in [1.82, 2.24) is 0 Å². The topological polar surface area (TPSA) is 0 Å². The quantitative estimate of drug-likeness (QED) is 0.558. The van der Waals surface area contributed by atoms with Crippen LogP contribution in [0, 0.1) is 0 Å². The van der Waals surface area contributed by atoms with Gasteiger partial charge in [0.15, 0.2) is 0 Å². The van der Waals surface area contributed by atoms with Crippen LogP contribution >= 0.6 is 0 Å². The van der Waals surface area contributed by atoms with E-state index in [9.17, 15) is 0 Å². The first-order valence-electron chi connectivity index (χ1n) is 2.55. The first-order chi connectivity index (χ1) is 3.93. The van der Waals surface area contributed by atoms with E-state index in [0.717, 1.165) is 5.32 Å². The van der Waals surface area contributed by atoms with E-state index in [1.165, 1.54) is 5.56 Å². The van der Waals surface area contributed by atoms with Gasteiger partial charge in [0.05, 0.1) is 0 Å². The molecule has 0 aliphatic rings. The molecule has 0 saturated carbocycles. The van der Waals surface area contributed by atoms with Crippen LogP contribution in [0.5, 0.6) is 0 Å². The summed E-state index contributed by atoms with van der Waals surface area (Å²) < 4.78 is 0. The van der Waals surface area contributed by atoms with Crippen molar-refractivity contribution >= 4 is 16.0 Å². The zero-order chi connectivity index (χ0) is 5.82. The Kier molecular flexibility index (Phi) is 2.13. The summed E-state index contributed by atoms with van der Waals surface area (Å²) in [5.74, 6) is 0. The van der Waals surface area contributed by atoms with E-state index in [0.29, 0.717) is 0 Å². The Morgan fingerprint density at radius 2 is 1.75 bits per heavy atom. The number of rotatable bonds is 1. The predicted octanol–water partition coefficient (Wildman–Crippen LogP) is 1.36. The van der Waals surface area contributed by atoms with Gasteiger partial charge in [-0.15, -0.1) is 0 Å². The fourth-order valence-electron chi connectivity index (χ4n) is 0.574. The van der Waals surface area contributed by atoms with Gasteiger partial charge in [-0.3, -0.25) is 0 Å². The van der Waals surface area contributed by atoms with Crippen molar-refractivity contribution in [3.63, 3.8) is 0 Å². The van der Waals surface area contributed by atoms with Crippen molar-refractivity contribution in [3.05, 3.63) is 35.9 Å². The van der Waals surface area contributed by atoms with E-state index in [-0.39, 0.29) is 0 Å². The monoisotopic (exact) mass is 171 g/mol. The minimum absolute atomic E-state index is 1.01. The molecule has 1 aromatic carbocycles. The third kappa shape index (κ3) is 1.36. The standard InChI is InChI=1S/C7H7Se/c8-6-7-4-2-1-3-5-7/h1-5H,6H2. The molecule has 1 heteroatoms. The van der Waals surface area contributed by atoms with Crippen LogP contribution in [0.15, 0.2) is 30.3 Å². The molecule has 0 saturated heterocycles. The molecule has 0 spiro atoms. The Hall–Kier alpha value is -0.261. The number of benzene rings is 1. The molecule has 0 atom stereocenters. The zero-order valence-corrected chi connectivity index (χ0v) is 6.22. The third-order valence-corrected chi connectivity index (χ3v) is 1.71. The van der Waals surface area contributed by atoms with Crippen molar-refractivity contribution in [3.8, 4) is 0 Å². The maximum absolute atomic E-state index is 2.96. The summed E-state index contributed by atoms with van der Waals surface area (Å²) >= 11 is 2.96. The van der Waals surface area contributed by atoms with Crippen LogP contribution in [0.4, 0.5) is 0 Å². The SMILES string of the molecule is [Se]Cc1ccccc1. The van der Waals surface area contributed by atoms with Gasteiger partial charge in [0.2, 0.25) is 0 Å². The molecule has 0 heterocycles. The molecule has 0 aliphatic carbocycles. The molecule has 0 amide bonds. The van der Waals surface area contributed by atoms with Crippen LogP contribution in [0.1, 0.15) is 5.56 Å². The van der Waals surface area contributed by atoms with Crippen LogP contribution in [0.3, 0.4) is 0 Å². The van der Waals surface area contributed by atoms with E-state index in [2.05, 4.69) is 28.1 Å². The molecule has 1 aromatic rings. The van der Waals surface area contributed by atoms with Crippen LogP contribution < -0.4 is 0 Å². The summed E-state index contributed by atoms with van der Waals surface area (Å²) in [5.41, 5.74) is 1.35. The Morgan fingerprint density at radius 3 is 2.12 bits per heavy atom. The van der Waals surface area contributed by atoms with Crippen molar-refractivity contribution in [2.45, 2.75) is 5.32 Å². The average molecular weight is 170 g/mol. The molecular formula is C7H7Se. The van der Waals surface area contributed by atoms with Gasteiger partial charge in [-0.05, 0) is 0 Å². The molecule has 8 heavy (non-hydrogen) atoms. The Labute approximate surface area is 57.7 Å². The van der Waals surface area contributed by atoms with Crippen molar-refractivity contribution in [2.75, 3.05) is 0 Å². The summed E-state index contributed by atoms with van der Waals surface area (Å²) in [5, 5.41) is 1.01. The predicted molar refractivity (Wildman–Crippen MR) is 35.9 cm³/mol. The van der Waals surface area contributed by atoms with Crippen LogP contribution in [-0.4, -0.2) is 16.0 Å². The number of hydrogen-bond acceptors (Lipinski definition) is 0. The first-order valence-corrected chi connectivity index (χ1v) is 3.76. The van der Waals surface area contributed by atoms with Gasteiger partial charge in [0, 0.05) is 0 Å². The van der Waals surface area contributed by atoms with E-state index >= 15 is 0 Å². The fraction of sp³-hybridized carbons (Fsp3) is 0.143. The summed E-state index contributed by atoms with van der Waals surface area (Å²) in [6.45, 7) is 0. The number of hydrogen-bond donors (Lipinski definition) is 0. The molecule has 1 radical (unpaired) electrons. The van der Waals surface area contributed by atoms with Gasteiger partial charge in [-0.2, -0.15) is 0 Å². The van der Waals surface area contributed by atoms with E-state index < -0.39 is 0 Å². The third-order valence-electron chi connectivity index (χ3n) is 1.01. The molecule has 0 aliphatic heterocycles. The average Bonchev–Trinajstić information content (AvgIpc) is 1.90. The second kappa shape index (κ2) is 2.91. The molecule has 41 valence electrons. The van der Waals surface area contributed by atoms with Gasteiger partial charge in [-0.1, -0.05) is 0 Å². The summed E-state index contributed by atoms with van der Waals surface area (Å²) in [6, 6.07) is 10.3. The van der Waals surface area contributed by atoms with Gasteiger partial charge < -0.3 is 0 Å². The van der Waals surface area contributed by atoms with Crippen molar-refractivity contribution < 1.29 is 0 Å².